The van der Waals surface area contributed by atoms with Crippen LogP contribution in [0.5, 0.6) is 5.75 Å². The van der Waals surface area contributed by atoms with Crippen LogP contribution in [0.1, 0.15) is 5.56 Å². The Balaban J connectivity index is 1.35. The Bertz CT molecular complexity index is 632. The maximum atomic E-state index is 12.2. The number of fused-ring (bicyclic) bond motifs is 2. The number of morpholine rings is 1. The normalized spacial score (nSPS) is 27.2. The Labute approximate surface area is 151 Å². The molecule has 0 saturated carbocycles. The lowest BCUT2D eigenvalue weighted by Gasteiger charge is -2.63. The summed E-state index contributed by atoms with van der Waals surface area (Å²) < 4.78 is 46.3. The molecule has 0 aliphatic carbocycles. The third-order valence-electron chi connectivity index (χ3n) is 5.52. The zero-order valence-electron chi connectivity index (χ0n) is 14.8. The van der Waals surface area contributed by atoms with Gasteiger partial charge in [0.1, 0.15) is 5.75 Å². The van der Waals surface area contributed by atoms with Crippen molar-refractivity contribution in [2.45, 2.75) is 24.5 Å². The Morgan fingerprint density at radius 2 is 1.92 bits per heavy atom. The highest BCUT2D eigenvalue weighted by Gasteiger charge is 2.53. The van der Waals surface area contributed by atoms with Crippen molar-refractivity contribution in [3.05, 3.63) is 29.8 Å². The van der Waals surface area contributed by atoms with E-state index in [4.69, 9.17) is 4.74 Å². The molecule has 1 aromatic carbocycles. The van der Waals surface area contributed by atoms with E-state index < -0.39 is 6.36 Å². The molecule has 4 rings (SSSR count). The topological polar surface area (TPSA) is 28.2 Å². The molecule has 5 nitrogen and oxygen atoms in total. The minimum absolute atomic E-state index is 0.175. The van der Waals surface area contributed by atoms with E-state index in [0.717, 1.165) is 58.0 Å². The quantitative estimate of drug-likeness (QED) is 0.808. The lowest BCUT2D eigenvalue weighted by atomic mass is 9.82. The zero-order chi connectivity index (χ0) is 18.4. The molecule has 3 aliphatic heterocycles. The number of hydrogen-bond donors (Lipinski definition) is 0. The van der Waals surface area contributed by atoms with Crippen molar-refractivity contribution in [3.63, 3.8) is 0 Å². The number of halogens is 3. The van der Waals surface area contributed by atoms with Gasteiger partial charge in [-0.1, -0.05) is 12.1 Å². The standard InChI is InChI=1S/C18H24F3N3O2/c1-22-9-15-10-25-7-6-24(15)17(11-22)12-23(13-17)8-14-2-4-16(5-3-14)26-18(19,20)21/h2-5,15H,6-13H2,1H3/t15-/m1/s1. The third-order valence-corrected chi connectivity index (χ3v) is 5.52. The molecule has 144 valence electrons. The fourth-order valence-corrected chi connectivity index (χ4v) is 4.68. The van der Waals surface area contributed by atoms with E-state index in [9.17, 15) is 13.2 Å². The summed E-state index contributed by atoms with van der Waals surface area (Å²) in [5.74, 6) is -0.175. The summed E-state index contributed by atoms with van der Waals surface area (Å²) in [6, 6.07) is 6.63. The van der Waals surface area contributed by atoms with Gasteiger partial charge in [0.05, 0.1) is 18.8 Å². The van der Waals surface area contributed by atoms with E-state index in [1.165, 1.54) is 12.1 Å². The van der Waals surface area contributed by atoms with Crippen LogP contribution < -0.4 is 4.74 Å². The summed E-state index contributed by atoms with van der Waals surface area (Å²) in [6.45, 7) is 7.38. The lowest BCUT2D eigenvalue weighted by Crippen LogP contribution is -2.80. The molecule has 26 heavy (non-hydrogen) atoms. The molecule has 3 heterocycles. The molecule has 0 aromatic heterocycles. The lowest BCUT2D eigenvalue weighted by molar-refractivity contribution is -0.274. The molecule has 0 N–H and O–H groups in total. The highest BCUT2D eigenvalue weighted by molar-refractivity contribution is 5.28. The number of rotatable bonds is 3. The first kappa shape index (κ1) is 18.0. The average Bonchev–Trinajstić information content (AvgIpc) is 2.53. The Morgan fingerprint density at radius 3 is 2.62 bits per heavy atom. The summed E-state index contributed by atoms with van der Waals surface area (Å²) in [4.78, 5) is 7.36. The summed E-state index contributed by atoms with van der Waals surface area (Å²) in [5, 5.41) is 0. The number of benzene rings is 1. The number of nitrogens with zero attached hydrogens (tertiary/aromatic N) is 3. The molecule has 3 saturated heterocycles. The summed E-state index contributed by atoms with van der Waals surface area (Å²) in [6.07, 6.45) is -4.65. The monoisotopic (exact) mass is 371 g/mol. The molecule has 0 unspecified atom stereocenters. The molecule has 1 aromatic rings. The van der Waals surface area contributed by atoms with Gasteiger partial charge in [-0.2, -0.15) is 0 Å². The van der Waals surface area contributed by atoms with Gasteiger partial charge in [0.15, 0.2) is 0 Å². The first-order valence-electron chi connectivity index (χ1n) is 8.93. The number of likely N-dealkylation sites (N-methyl/N-ethyl adjacent to an activating group) is 1. The van der Waals surface area contributed by atoms with E-state index in [1.54, 1.807) is 12.1 Å². The molecule has 0 radical (unpaired) electrons. The van der Waals surface area contributed by atoms with Crippen molar-refractivity contribution < 1.29 is 22.6 Å². The number of alkyl halides is 3. The van der Waals surface area contributed by atoms with Gasteiger partial charge < -0.3 is 14.4 Å². The van der Waals surface area contributed by atoms with Gasteiger partial charge >= 0.3 is 6.36 Å². The van der Waals surface area contributed by atoms with E-state index in [2.05, 4.69) is 26.5 Å². The van der Waals surface area contributed by atoms with Crippen LogP contribution in [0.4, 0.5) is 13.2 Å². The highest BCUT2D eigenvalue weighted by Crippen LogP contribution is 2.36. The fourth-order valence-electron chi connectivity index (χ4n) is 4.68. The van der Waals surface area contributed by atoms with Crippen LogP contribution in [0, 0.1) is 0 Å². The van der Waals surface area contributed by atoms with Gasteiger partial charge in [-0.15, -0.1) is 13.2 Å². The maximum Gasteiger partial charge on any atom is 0.573 e. The molecule has 1 spiro atoms. The van der Waals surface area contributed by atoms with Crippen LogP contribution in [-0.2, 0) is 11.3 Å². The predicted octanol–water partition coefficient (Wildman–Crippen LogP) is 1.79. The molecule has 0 bridgehead atoms. The van der Waals surface area contributed by atoms with E-state index in [0.29, 0.717) is 6.04 Å². The number of ether oxygens (including phenoxy) is 2. The summed E-state index contributed by atoms with van der Waals surface area (Å²) >= 11 is 0. The minimum atomic E-state index is -4.65. The number of likely N-dealkylation sites (tertiary alicyclic amines) is 1. The minimum Gasteiger partial charge on any atom is -0.406 e. The average molecular weight is 371 g/mol. The van der Waals surface area contributed by atoms with E-state index >= 15 is 0 Å². The smallest absolute Gasteiger partial charge is 0.406 e. The van der Waals surface area contributed by atoms with Crippen molar-refractivity contribution in [1.29, 1.82) is 0 Å². The van der Waals surface area contributed by atoms with Crippen LogP contribution in [-0.4, -0.2) is 85.6 Å². The number of hydrogen-bond acceptors (Lipinski definition) is 5. The molecule has 3 aliphatic rings. The van der Waals surface area contributed by atoms with Crippen LogP contribution in [0.2, 0.25) is 0 Å². The second kappa shape index (κ2) is 6.67. The molecule has 0 amide bonds. The Kier molecular flexibility index (Phi) is 4.63. The van der Waals surface area contributed by atoms with Crippen molar-refractivity contribution in [2.75, 3.05) is 53.0 Å². The maximum absolute atomic E-state index is 12.2. The predicted molar refractivity (Wildman–Crippen MR) is 89.9 cm³/mol. The second-order valence-electron chi connectivity index (χ2n) is 7.68. The fraction of sp³-hybridized carbons (Fsp3) is 0.667. The van der Waals surface area contributed by atoms with Crippen LogP contribution in [0.3, 0.4) is 0 Å². The zero-order valence-corrected chi connectivity index (χ0v) is 14.8. The molecule has 8 heteroatoms. The first-order valence-corrected chi connectivity index (χ1v) is 8.93. The van der Waals surface area contributed by atoms with E-state index in [1.807, 2.05) is 0 Å². The molecule has 3 fully saturated rings. The van der Waals surface area contributed by atoms with Gasteiger partial charge in [0, 0.05) is 45.3 Å². The van der Waals surface area contributed by atoms with Gasteiger partial charge in [0.2, 0.25) is 0 Å². The van der Waals surface area contributed by atoms with E-state index in [-0.39, 0.29) is 11.3 Å². The largest absolute Gasteiger partial charge is 0.573 e. The second-order valence-corrected chi connectivity index (χ2v) is 7.68. The van der Waals surface area contributed by atoms with Crippen molar-refractivity contribution in [1.82, 2.24) is 14.7 Å². The molecular weight excluding hydrogens is 347 g/mol. The van der Waals surface area contributed by atoms with Crippen molar-refractivity contribution >= 4 is 0 Å². The van der Waals surface area contributed by atoms with Gasteiger partial charge in [-0.25, -0.2) is 0 Å². The van der Waals surface area contributed by atoms with Gasteiger partial charge in [0.25, 0.3) is 0 Å². The number of piperazine rings is 1. The first-order chi connectivity index (χ1) is 12.3. The third kappa shape index (κ3) is 3.69. The summed E-state index contributed by atoms with van der Waals surface area (Å²) in [5.41, 5.74) is 1.18. The van der Waals surface area contributed by atoms with Crippen LogP contribution >= 0.6 is 0 Å². The Morgan fingerprint density at radius 1 is 1.19 bits per heavy atom. The van der Waals surface area contributed by atoms with Crippen LogP contribution in [0.25, 0.3) is 0 Å². The SMILES string of the molecule is CN1C[C@@H]2COCCN2C2(C1)CN(Cc1ccc(OC(F)(F)F)cc1)C2. The van der Waals surface area contributed by atoms with Crippen LogP contribution in [0.15, 0.2) is 24.3 Å². The highest BCUT2D eigenvalue weighted by atomic mass is 19.4. The molecule has 1 atom stereocenters. The van der Waals surface area contributed by atoms with Crippen molar-refractivity contribution in [2.24, 2.45) is 0 Å². The van der Waals surface area contributed by atoms with Crippen molar-refractivity contribution in [3.8, 4) is 5.75 Å². The van der Waals surface area contributed by atoms with Gasteiger partial charge in [-0.05, 0) is 24.7 Å². The molecular formula is C18H24F3N3O2. The van der Waals surface area contributed by atoms with Gasteiger partial charge in [-0.3, -0.25) is 9.80 Å². The summed E-state index contributed by atoms with van der Waals surface area (Å²) in [7, 11) is 2.16. The Hall–Kier alpha value is -1.35.